The van der Waals surface area contributed by atoms with Crippen LogP contribution in [0.2, 0.25) is 0 Å². The van der Waals surface area contributed by atoms with Crippen molar-refractivity contribution in [3.63, 3.8) is 0 Å². The molecule has 0 atom stereocenters. The predicted molar refractivity (Wildman–Crippen MR) is 144 cm³/mol. The lowest BCUT2D eigenvalue weighted by Crippen LogP contribution is -2.17. The van der Waals surface area contributed by atoms with Crippen molar-refractivity contribution >= 4 is 28.9 Å². The van der Waals surface area contributed by atoms with Gasteiger partial charge in [-0.15, -0.1) is 0 Å². The molecule has 4 aromatic rings. The number of hydrogen-bond donors (Lipinski definition) is 1. The molecule has 0 bridgehead atoms. The summed E-state index contributed by atoms with van der Waals surface area (Å²) >= 11 is 0. The molecule has 1 amide bonds. The van der Waals surface area contributed by atoms with Gasteiger partial charge in [-0.2, -0.15) is 5.10 Å². The lowest BCUT2D eigenvalue weighted by Gasteiger charge is -2.11. The van der Waals surface area contributed by atoms with Crippen LogP contribution in [0.15, 0.2) is 90.0 Å². The van der Waals surface area contributed by atoms with Gasteiger partial charge in [-0.1, -0.05) is 37.3 Å². The normalized spacial score (nSPS) is 10.9. The molecule has 0 unspecified atom stereocenters. The van der Waals surface area contributed by atoms with Gasteiger partial charge in [0.05, 0.1) is 25.0 Å². The van der Waals surface area contributed by atoms with E-state index in [9.17, 15) is 9.59 Å². The van der Waals surface area contributed by atoms with Crippen LogP contribution in [0.5, 0.6) is 17.2 Å². The minimum atomic E-state index is -0.512. The summed E-state index contributed by atoms with van der Waals surface area (Å²) in [5, 5.41) is 5.92. The van der Waals surface area contributed by atoms with Gasteiger partial charge in [0.25, 0.3) is 5.91 Å². The molecule has 0 spiro atoms. The Morgan fingerprint density at radius 1 is 0.811 bits per heavy atom. The summed E-state index contributed by atoms with van der Waals surface area (Å²) in [6.07, 6.45) is 2.39. The molecule has 37 heavy (non-hydrogen) atoms. The fraction of sp³-hybridized carbons (Fsp3) is 0.167. The fourth-order valence-corrected chi connectivity index (χ4v) is 3.65. The first kappa shape index (κ1) is 25.4. The molecule has 1 N–H and O–H groups in total. The summed E-state index contributed by atoms with van der Waals surface area (Å²) in [4.78, 5) is 25.4. The van der Waals surface area contributed by atoms with E-state index in [0.29, 0.717) is 47.2 Å². The van der Waals surface area contributed by atoms with Crippen molar-refractivity contribution in [3.8, 4) is 17.2 Å². The van der Waals surface area contributed by atoms with Gasteiger partial charge in [-0.3, -0.25) is 4.79 Å². The highest BCUT2D eigenvalue weighted by atomic mass is 16.5. The second-order valence-corrected chi connectivity index (χ2v) is 8.12. The molecule has 0 aliphatic rings. The Balaban J connectivity index is 1.53. The quantitative estimate of drug-likeness (QED) is 0.126. The minimum Gasteiger partial charge on any atom is -0.494 e. The Labute approximate surface area is 215 Å². The molecule has 0 aliphatic heterocycles. The second kappa shape index (κ2) is 12.4. The van der Waals surface area contributed by atoms with E-state index in [2.05, 4.69) is 10.5 Å². The van der Waals surface area contributed by atoms with E-state index in [1.165, 1.54) is 6.21 Å². The van der Waals surface area contributed by atoms with Gasteiger partial charge in [0.15, 0.2) is 0 Å². The first-order chi connectivity index (χ1) is 18.1. The Morgan fingerprint density at radius 3 is 2.19 bits per heavy atom. The molecule has 0 fully saturated rings. The summed E-state index contributed by atoms with van der Waals surface area (Å²) in [6, 6.07) is 24.9. The van der Waals surface area contributed by atoms with Crippen molar-refractivity contribution in [2.24, 2.45) is 5.10 Å². The number of fused-ring (bicyclic) bond motifs is 1. The van der Waals surface area contributed by atoms with E-state index in [1.807, 2.05) is 44.2 Å². The molecule has 188 valence electrons. The fourth-order valence-electron chi connectivity index (χ4n) is 3.65. The molecular weight excluding hydrogens is 468 g/mol. The molecule has 0 aromatic heterocycles. The van der Waals surface area contributed by atoms with Crippen molar-refractivity contribution in [3.05, 3.63) is 102 Å². The van der Waals surface area contributed by atoms with Gasteiger partial charge in [0, 0.05) is 11.1 Å². The summed E-state index contributed by atoms with van der Waals surface area (Å²) in [5.41, 5.74) is 3.94. The van der Waals surface area contributed by atoms with E-state index >= 15 is 0 Å². The maximum absolute atomic E-state index is 12.8. The maximum atomic E-state index is 12.8. The third-order valence-corrected chi connectivity index (χ3v) is 5.48. The molecule has 7 nitrogen and oxygen atoms in total. The zero-order chi connectivity index (χ0) is 26.0. The number of ether oxygens (including phenoxy) is 3. The van der Waals surface area contributed by atoms with Gasteiger partial charge in [-0.25, -0.2) is 10.2 Å². The lowest BCUT2D eigenvalue weighted by atomic mass is 10.0. The maximum Gasteiger partial charge on any atom is 0.343 e. The highest BCUT2D eigenvalue weighted by Crippen LogP contribution is 2.27. The number of amides is 1. The van der Waals surface area contributed by atoms with E-state index in [0.717, 1.165) is 17.2 Å². The SMILES string of the molecule is CCCOc1ccc(C(=O)NN=Cc2c(OC(=O)c3ccc(OCC)cc3)ccc3ccccc23)cc1. The molecule has 0 radical (unpaired) electrons. The third-order valence-electron chi connectivity index (χ3n) is 5.48. The van der Waals surface area contributed by atoms with Gasteiger partial charge in [0.2, 0.25) is 0 Å². The number of benzene rings is 4. The Hall–Kier alpha value is -4.65. The van der Waals surface area contributed by atoms with Crippen molar-refractivity contribution in [2.75, 3.05) is 13.2 Å². The molecule has 0 saturated carbocycles. The van der Waals surface area contributed by atoms with Crippen LogP contribution in [-0.2, 0) is 0 Å². The Kier molecular flexibility index (Phi) is 8.49. The monoisotopic (exact) mass is 496 g/mol. The zero-order valence-corrected chi connectivity index (χ0v) is 20.8. The van der Waals surface area contributed by atoms with Crippen molar-refractivity contribution in [2.45, 2.75) is 20.3 Å². The number of esters is 1. The molecule has 0 heterocycles. The van der Waals surface area contributed by atoms with E-state index in [1.54, 1.807) is 54.6 Å². The topological polar surface area (TPSA) is 86.2 Å². The Morgan fingerprint density at radius 2 is 1.49 bits per heavy atom. The highest BCUT2D eigenvalue weighted by Gasteiger charge is 2.14. The Bertz CT molecular complexity index is 1400. The number of nitrogens with one attached hydrogen (secondary N) is 1. The van der Waals surface area contributed by atoms with Crippen LogP contribution in [0.1, 0.15) is 46.5 Å². The van der Waals surface area contributed by atoms with E-state index in [4.69, 9.17) is 14.2 Å². The predicted octanol–water partition coefficient (Wildman–Crippen LogP) is 6.01. The number of nitrogens with zero attached hydrogens (tertiary/aromatic N) is 1. The smallest absolute Gasteiger partial charge is 0.343 e. The van der Waals surface area contributed by atoms with Gasteiger partial charge >= 0.3 is 5.97 Å². The molecule has 4 rings (SSSR count). The summed E-state index contributed by atoms with van der Waals surface area (Å²) in [7, 11) is 0. The van der Waals surface area contributed by atoms with Crippen LogP contribution in [0.25, 0.3) is 10.8 Å². The lowest BCUT2D eigenvalue weighted by molar-refractivity contribution is 0.0734. The van der Waals surface area contributed by atoms with Crippen LogP contribution in [0.3, 0.4) is 0 Å². The molecule has 0 aliphatic carbocycles. The molecule has 7 heteroatoms. The van der Waals surface area contributed by atoms with Crippen molar-refractivity contribution in [1.82, 2.24) is 5.43 Å². The average molecular weight is 497 g/mol. The van der Waals surface area contributed by atoms with Gasteiger partial charge in [0.1, 0.15) is 17.2 Å². The largest absolute Gasteiger partial charge is 0.494 e. The van der Waals surface area contributed by atoms with E-state index < -0.39 is 5.97 Å². The van der Waals surface area contributed by atoms with Crippen LogP contribution >= 0.6 is 0 Å². The number of carbonyl (C=O) groups excluding carboxylic acids is 2. The first-order valence-corrected chi connectivity index (χ1v) is 12.1. The molecule has 4 aromatic carbocycles. The minimum absolute atomic E-state index is 0.327. The number of carbonyl (C=O) groups is 2. The standard InChI is InChI=1S/C30H28N2O5/c1-3-19-36-25-14-9-22(10-15-25)29(33)32-31-20-27-26-8-6-5-7-21(26)13-18-28(27)37-30(34)23-11-16-24(17-12-23)35-4-2/h5-18,20H,3-4,19H2,1-2H3,(H,32,33). The van der Waals surface area contributed by atoms with E-state index in [-0.39, 0.29) is 5.91 Å². The van der Waals surface area contributed by atoms with Crippen LogP contribution in [-0.4, -0.2) is 31.3 Å². The van der Waals surface area contributed by atoms with Gasteiger partial charge in [-0.05, 0) is 78.7 Å². The number of hydrogen-bond acceptors (Lipinski definition) is 6. The van der Waals surface area contributed by atoms with Crippen LogP contribution in [0, 0.1) is 0 Å². The average Bonchev–Trinajstić information content (AvgIpc) is 2.93. The highest BCUT2D eigenvalue weighted by molar-refractivity contribution is 6.04. The summed E-state index contributed by atoms with van der Waals surface area (Å²) in [5.74, 6) is 0.829. The molecule has 0 saturated heterocycles. The zero-order valence-electron chi connectivity index (χ0n) is 20.8. The summed E-state index contributed by atoms with van der Waals surface area (Å²) < 4.78 is 16.7. The van der Waals surface area contributed by atoms with Crippen LogP contribution in [0.4, 0.5) is 0 Å². The number of rotatable bonds is 10. The van der Waals surface area contributed by atoms with Crippen molar-refractivity contribution < 1.29 is 23.8 Å². The van der Waals surface area contributed by atoms with Gasteiger partial charge < -0.3 is 14.2 Å². The first-order valence-electron chi connectivity index (χ1n) is 12.1. The van der Waals surface area contributed by atoms with Crippen molar-refractivity contribution in [1.29, 1.82) is 0 Å². The molecular formula is C30H28N2O5. The summed E-state index contributed by atoms with van der Waals surface area (Å²) in [6.45, 7) is 5.08. The van der Waals surface area contributed by atoms with Crippen LogP contribution < -0.4 is 19.6 Å². The number of hydrazone groups is 1. The third kappa shape index (κ3) is 6.52. The second-order valence-electron chi connectivity index (χ2n) is 8.12.